The summed E-state index contributed by atoms with van der Waals surface area (Å²) >= 11 is 5.95. The summed E-state index contributed by atoms with van der Waals surface area (Å²) in [5.41, 5.74) is 0.933. The van der Waals surface area contributed by atoms with Crippen LogP contribution < -0.4 is 20.1 Å². The van der Waals surface area contributed by atoms with E-state index >= 15 is 0 Å². The third-order valence-electron chi connectivity index (χ3n) is 4.64. The van der Waals surface area contributed by atoms with Gasteiger partial charge in [0.15, 0.2) is 0 Å². The minimum absolute atomic E-state index is 0.214. The number of carbonyl (C=O) groups is 2. The molecule has 1 aliphatic rings. The highest BCUT2D eigenvalue weighted by atomic mass is 35.5. The molecule has 0 heterocycles. The molecule has 2 aromatic rings. The van der Waals surface area contributed by atoms with Crippen LogP contribution in [0.5, 0.6) is 5.75 Å². The molecule has 8 nitrogen and oxygen atoms in total. The Labute approximate surface area is 208 Å². The van der Waals surface area contributed by atoms with Gasteiger partial charge in [0.25, 0.3) is 15.9 Å². The van der Waals surface area contributed by atoms with Crippen LogP contribution in [0.4, 0.5) is 4.79 Å². The molecule has 178 valence electrons. The highest BCUT2D eigenvalue weighted by Gasteiger charge is 2.21. The van der Waals surface area contributed by atoms with Gasteiger partial charge in [-0.1, -0.05) is 42.9 Å². The average Bonchev–Trinajstić information content (AvgIpc) is 2.81. The lowest BCUT2D eigenvalue weighted by Gasteiger charge is -2.22. The van der Waals surface area contributed by atoms with Crippen molar-refractivity contribution in [3.05, 3.63) is 58.6 Å². The average molecular weight is 501 g/mol. The van der Waals surface area contributed by atoms with E-state index in [-0.39, 0.29) is 17.0 Å². The number of hydrogen-bond acceptors (Lipinski definition) is 5. The summed E-state index contributed by atoms with van der Waals surface area (Å²) in [7, 11) is -2.99. The number of sulfonamides is 1. The molecule has 3 amide bonds. The summed E-state index contributed by atoms with van der Waals surface area (Å²) in [6, 6.07) is 6.37. The first-order chi connectivity index (χ1) is 18.3. The molecule has 0 atom stereocenters. The maximum atomic E-state index is 12.7. The second-order valence-electron chi connectivity index (χ2n) is 6.99. The minimum Gasteiger partial charge on any atom is -0.496 e. The Kier molecular flexibility index (Phi) is 5.78. The van der Waals surface area contributed by atoms with Crippen LogP contribution in [0, 0.1) is 0 Å². The fourth-order valence-corrected chi connectivity index (χ4v) is 4.07. The number of urea groups is 1. The Morgan fingerprint density at radius 1 is 1.15 bits per heavy atom. The number of amides is 3. The van der Waals surface area contributed by atoms with Crippen LogP contribution in [0.3, 0.4) is 0 Å². The number of ether oxygens (including phenoxy) is 1. The summed E-state index contributed by atoms with van der Waals surface area (Å²) in [5.74, 6) is -0.0534. The predicted octanol–water partition coefficient (Wildman–Crippen LogP) is 3.64. The first-order valence-electron chi connectivity index (χ1n) is 13.4. The van der Waals surface area contributed by atoms with Gasteiger partial charge in [-0.3, -0.25) is 4.79 Å². The van der Waals surface area contributed by atoms with Gasteiger partial charge in [-0.25, -0.2) is 17.9 Å². The van der Waals surface area contributed by atoms with Crippen molar-refractivity contribution in [1.29, 1.82) is 0 Å². The smallest absolute Gasteiger partial charge is 0.328 e. The molecule has 10 heteroatoms. The molecule has 3 N–H and O–H groups in total. The third-order valence-corrected chi connectivity index (χ3v) is 6.22. The third kappa shape index (κ3) is 7.10. The van der Waals surface area contributed by atoms with E-state index in [2.05, 4.69) is 5.32 Å². The quantitative estimate of drug-likeness (QED) is 0.512. The molecule has 1 aliphatic carbocycles. The van der Waals surface area contributed by atoms with Gasteiger partial charge in [-0.05, 0) is 55.2 Å². The van der Waals surface area contributed by atoms with Gasteiger partial charge in [0, 0.05) is 25.8 Å². The Morgan fingerprint density at radius 2 is 1.85 bits per heavy atom. The molecular weight excluding hydrogens is 466 g/mol. The molecule has 0 spiro atoms. The van der Waals surface area contributed by atoms with Gasteiger partial charge in [-0.15, -0.1) is 0 Å². The molecule has 0 unspecified atom stereocenters. The van der Waals surface area contributed by atoms with E-state index in [1.165, 1.54) is 37.4 Å². The van der Waals surface area contributed by atoms with Crippen LogP contribution in [-0.2, 0) is 16.4 Å². The maximum Gasteiger partial charge on any atom is 0.328 e. The number of rotatable bonds is 8. The molecule has 1 fully saturated rings. The highest BCUT2D eigenvalue weighted by molar-refractivity contribution is 7.90. The van der Waals surface area contributed by atoms with Crippen molar-refractivity contribution in [1.82, 2.24) is 15.4 Å². The van der Waals surface area contributed by atoms with Gasteiger partial charge in [0.05, 0.1) is 18.9 Å². The lowest BCUT2D eigenvalue weighted by atomic mass is 9.96. The highest BCUT2D eigenvalue weighted by Crippen LogP contribution is 2.22. The summed E-state index contributed by atoms with van der Waals surface area (Å²) in [6.07, 6.45) is -9.98. The number of halogens is 1. The molecule has 0 radical (unpaired) electrons. The lowest BCUT2D eigenvalue weighted by Crippen LogP contribution is -2.45. The molecule has 2 aromatic carbocycles. The molecule has 0 bridgehead atoms. The fraction of sp³-hybridized carbons (Fsp3) is 0.391. The number of methoxy groups -OCH3 is 1. The summed E-state index contributed by atoms with van der Waals surface area (Å²) in [4.78, 5) is 24.6. The summed E-state index contributed by atoms with van der Waals surface area (Å²) in [5, 5.41) is 5.07. The fourth-order valence-electron chi connectivity index (χ4n) is 2.99. The Balaban J connectivity index is 1.59. The van der Waals surface area contributed by atoms with E-state index < -0.39 is 59.9 Å². The van der Waals surface area contributed by atoms with E-state index in [4.69, 9.17) is 25.9 Å². The van der Waals surface area contributed by atoms with Crippen molar-refractivity contribution in [2.75, 3.05) is 13.7 Å². The molecule has 0 saturated heterocycles. The van der Waals surface area contributed by atoms with E-state index in [9.17, 15) is 18.0 Å². The second-order valence-corrected chi connectivity index (χ2v) is 9.11. The predicted molar refractivity (Wildman–Crippen MR) is 126 cm³/mol. The standard InChI is InChI=1S/C23H28ClN3O5S/c1-32-21-12-9-17(24)15-20(21)22(28)25-14-13-16-7-10-19(11-8-16)33(30,31)27-23(29)26-18-5-3-2-4-6-18/h7-12,15,18H,2-6,13-14H2,1H3,(H,25,28)(H2,26,27,29)/i2D2,3D2,4D2,18D. The maximum absolute atomic E-state index is 12.7. The molecule has 0 aliphatic heterocycles. The number of benzene rings is 2. The van der Waals surface area contributed by atoms with Crippen molar-refractivity contribution in [2.45, 2.75) is 49.3 Å². The van der Waals surface area contributed by atoms with Crippen molar-refractivity contribution in [3.63, 3.8) is 0 Å². The first kappa shape index (κ1) is 16.8. The molecule has 0 aromatic heterocycles. The summed E-state index contributed by atoms with van der Waals surface area (Å²) < 4.78 is 87.6. The van der Waals surface area contributed by atoms with Gasteiger partial charge < -0.3 is 15.4 Å². The Bertz CT molecular complexity index is 1370. The lowest BCUT2D eigenvalue weighted by molar-refractivity contribution is 0.0951. The van der Waals surface area contributed by atoms with Gasteiger partial charge in [-0.2, -0.15) is 0 Å². The molecule has 3 rings (SSSR count). The van der Waals surface area contributed by atoms with Crippen LogP contribution in [0.15, 0.2) is 47.4 Å². The van der Waals surface area contributed by atoms with Gasteiger partial charge in [0.2, 0.25) is 0 Å². The van der Waals surface area contributed by atoms with Crippen molar-refractivity contribution >= 4 is 33.6 Å². The van der Waals surface area contributed by atoms with Crippen molar-refractivity contribution in [2.24, 2.45) is 0 Å². The van der Waals surface area contributed by atoms with Gasteiger partial charge in [0.1, 0.15) is 5.75 Å². The van der Waals surface area contributed by atoms with E-state index in [1.54, 1.807) is 16.9 Å². The zero-order valence-corrected chi connectivity index (χ0v) is 19.3. The monoisotopic (exact) mass is 500 g/mol. The first-order valence-corrected chi connectivity index (χ1v) is 11.7. The van der Waals surface area contributed by atoms with E-state index in [0.717, 1.165) is 0 Å². The van der Waals surface area contributed by atoms with Crippen molar-refractivity contribution < 1.29 is 32.3 Å². The largest absolute Gasteiger partial charge is 0.496 e. The SMILES string of the molecule is [2H]C1(NC(=O)NS(=O)(=O)c2ccc(CCNC(=O)c3cc(Cl)ccc3OC)cc2)CC([2H])([2H])C([2H])([2H])C([2H])([2H])C1. The summed E-state index contributed by atoms with van der Waals surface area (Å²) in [6.45, 7) is 0.214. The van der Waals surface area contributed by atoms with Crippen LogP contribution in [0.1, 0.15) is 57.5 Å². The normalized spacial score (nSPS) is 23.0. The molecular formula is C23H28ClN3O5S. The van der Waals surface area contributed by atoms with E-state index in [0.29, 0.717) is 22.8 Å². The van der Waals surface area contributed by atoms with Crippen LogP contribution in [0.25, 0.3) is 0 Å². The topological polar surface area (TPSA) is 114 Å². The minimum atomic E-state index is -4.42. The number of hydrogen-bond donors (Lipinski definition) is 3. The van der Waals surface area contributed by atoms with Crippen LogP contribution in [-0.4, -0.2) is 40.0 Å². The van der Waals surface area contributed by atoms with Crippen LogP contribution >= 0.6 is 11.6 Å². The van der Waals surface area contributed by atoms with Crippen LogP contribution in [0.2, 0.25) is 5.02 Å². The van der Waals surface area contributed by atoms with Gasteiger partial charge >= 0.3 is 6.03 Å². The Hall–Kier alpha value is -2.78. The second kappa shape index (κ2) is 11.4. The van der Waals surface area contributed by atoms with Crippen molar-refractivity contribution in [3.8, 4) is 5.75 Å². The molecule has 33 heavy (non-hydrogen) atoms. The zero-order valence-electron chi connectivity index (χ0n) is 24.7. The number of carbonyl (C=O) groups excluding carboxylic acids is 2. The number of nitrogens with one attached hydrogen (secondary N) is 3. The zero-order chi connectivity index (χ0) is 30.1. The Morgan fingerprint density at radius 3 is 2.52 bits per heavy atom. The van der Waals surface area contributed by atoms with E-state index in [1.807, 2.05) is 5.32 Å². The molecule has 1 saturated carbocycles.